The van der Waals surface area contributed by atoms with Crippen molar-refractivity contribution >= 4 is 58.2 Å². The Balaban J connectivity index is 1.47. The lowest BCUT2D eigenvalue weighted by molar-refractivity contribution is -0.123. The molecule has 0 aromatic heterocycles. The zero-order chi connectivity index (χ0) is 24.1. The summed E-state index contributed by atoms with van der Waals surface area (Å²) in [5, 5.41) is 0.163. The number of halogens is 2. The third kappa shape index (κ3) is 5.62. The molecule has 0 atom stereocenters. The van der Waals surface area contributed by atoms with E-state index >= 15 is 0 Å². The molecule has 34 heavy (non-hydrogen) atoms. The van der Waals surface area contributed by atoms with E-state index in [1.54, 1.807) is 36.4 Å². The normalized spacial score (nSPS) is 14.5. The Labute approximate surface area is 210 Å². The molecule has 3 aromatic rings. The van der Waals surface area contributed by atoms with Crippen molar-refractivity contribution in [1.29, 1.82) is 0 Å². The number of para-hydroxylation sites is 2. The quantitative estimate of drug-likeness (QED) is 0.209. The molecule has 0 unspecified atom stereocenters. The number of esters is 1. The number of ether oxygens (including phenoxy) is 2. The van der Waals surface area contributed by atoms with Gasteiger partial charge in [-0.25, -0.2) is 4.79 Å². The van der Waals surface area contributed by atoms with Crippen molar-refractivity contribution < 1.29 is 23.9 Å². The summed E-state index contributed by atoms with van der Waals surface area (Å²) in [5.41, 5.74) is 0.617. The van der Waals surface area contributed by atoms with Crippen LogP contribution in [0, 0.1) is 0 Å². The molecule has 0 radical (unpaired) electrons. The fourth-order valence-electron chi connectivity index (χ4n) is 3.11. The van der Waals surface area contributed by atoms with Gasteiger partial charge in [0.25, 0.3) is 11.1 Å². The van der Waals surface area contributed by atoms with Crippen molar-refractivity contribution in [2.45, 2.75) is 0 Å². The summed E-state index contributed by atoms with van der Waals surface area (Å²) >= 11 is 12.8. The van der Waals surface area contributed by atoms with Gasteiger partial charge in [0.15, 0.2) is 0 Å². The molecule has 172 valence electrons. The Morgan fingerprint density at radius 2 is 1.71 bits per heavy atom. The smallest absolute Gasteiger partial charge is 0.345 e. The second-order valence-electron chi connectivity index (χ2n) is 7.05. The monoisotopic (exact) mass is 513 g/mol. The molecule has 0 N–H and O–H groups in total. The Hall–Kier alpha value is -3.26. The van der Waals surface area contributed by atoms with Gasteiger partial charge in [-0.05, 0) is 54.2 Å². The number of thioether (sulfide) groups is 1. The molecule has 1 heterocycles. The lowest BCUT2D eigenvalue weighted by Crippen LogP contribution is -2.32. The maximum Gasteiger partial charge on any atom is 0.345 e. The topological polar surface area (TPSA) is 72.9 Å². The number of hydrogen-bond donors (Lipinski definition) is 0. The zero-order valence-corrected chi connectivity index (χ0v) is 19.9. The van der Waals surface area contributed by atoms with E-state index < -0.39 is 17.1 Å². The number of carbonyl (C=O) groups excluding carboxylic acids is 3. The van der Waals surface area contributed by atoms with E-state index in [9.17, 15) is 14.4 Å². The SMILES string of the molecule is O=C(Oc1ccccc1/C=C1\SC(=O)N(CCOc2ccccc2)C1=O)c1ccc(Cl)cc1Cl. The average molecular weight is 514 g/mol. The summed E-state index contributed by atoms with van der Waals surface area (Å²) in [7, 11) is 0. The molecule has 0 saturated carbocycles. The predicted octanol–water partition coefficient (Wildman–Crippen LogP) is 6.33. The average Bonchev–Trinajstić information content (AvgIpc) is 3.08. The third-order valence-corrected chi connectivity index (χ3v) is 6.21. The van der Waals surface area contributed by atoms with Gasteiger partial charge in [-0.1, -0.05) is 59.6 Å². The standard InChI is InChI=1S/C25H17Cl2NO5S/c26-17-10-11-19(20(27)15-17)24(30)33-21-9-5-4-6-16(21)14-22-23(29)28(25(31)34-22)12-13-32-18-7-2-1-3-8-18/h1-11,14-15H,12-13H2/b22-14-. The van der Waals surface area contributed by atoms with Gasteiger partial charge < -0.3 is 9.47 Å². The Morgan fingerprint density at radius 1 is 0.971 bits per heavy atom. The van der Waals surface area contributed by atoms with Gasteiger partial charge >= 0.3 is 5.97 Å². The number of benzene rings is 3. The second kappa shape index (κ2) is 10.8. The van der Waals surface area contributed by atoms with Crippen LogP contribution in [0.4, 0.5) is 4.79 Å². The van der Waals surface area contributed by atoms with Crippen molar-refractivity contribution in [2.75, 3.05) is 13.2 Å². The van der Waals surface area contributed by atoms with E-state index in [1.165, 1.54) is 24.3 Å². The van der Waals surface area contributed by atoms with Crippen LogP contribution in [-0.2, 0) is 4.79 Å². The van der Waals surface area contributed by atoms with Crippen LogP contribution in [-0.4, -0.2) is 35.2 Å². The Morgan fingerprint density at radius 3 is 2.47 bits per heavy atom. The van der Waals surface area contributed by atoms with Crippen LogP contribution in [0.25, 0.3) is 6.08 Å². The van der Waals surface area contributed by atoms with E-state index in [4.69, 9.17) is 32.7 Å². The fraction of sp³-hybridized carbons (Fsp3) is 0.0800. The molecule has 4 rings (SSSR count). The minimum Gasteiger partial charge on any atom is -0.492 e. The van der Waals surface area contributed by atoms with Crippen molar-refractivity contribution in [3.63, 3.8) is 0 Å². The number of rotatable bonds is 7. The largest absolute Gasteiger partial charge is 0.492 e. The van der Waals surface area contributed by atoms with Gasteiger partial charge in [-0.3, -0.25) is 14.5 Å². The van der Waals surface area contributed by atoms with E-state index in [2.05, 4.69) is 0 Å². The molecule has 3 aromatic carbocycles. The number of amides is 2. The number of carbonyl (C=O) groups is 3. The molecule has 1 saturated heterocycles. The lowest BCUT2D eigenvalue weighted by Gasteiger charge is -2.13. The molecule has 0 spiro atoms. The maximum absolute atomic E-state index is 12.8. The van der Waals surface area contributed by atoms with E-state index in [1.807, 2.05) is 18.2 Å². The first-order valence-corrected chi connectivity index (χ1v) is 11.7. The van der Waals surface area contributed by atoms with E-state index in [0.29, 0.717) is 16.3 Å². The number of hydrogen-bond acceptors (Lipinski definition) is 6. The van der Waals surface area contributed by atoms with E-state index in [-0.39, 0.29) is 34.4 Å². The highest BCUT2D eigenvalue weighted by atomic mass is 35.5. The molecule has 1 aliphatic heterocycles. The molecule has 2 amide bonds. The van der Waals surface area contributed by atoms with Crippen molar-refractivity contribution in [3.05, 3.63) is 98.9 Å². The van der Waals surface area contributed by atoms with Crippen LogP contribution in [0.3, 0.4) is 0 Å². The van der Waals surface area contributed by atoms with Gasteiger partial charge in [-0.2, -0.15) is 0 Å². The summed E-state index contributed by atoms with van der Waals surface area (Å²) in [6, 6.07) is 20.3. The molecule has 1 aliphatic rings. The first-order valence-electron chi connectivity index (χ1n) is 10.1. The fourth-order valence-corrected chi connectivity index (χ4v) is 4.45. The second-order valence-corrected chi connectivity index (χ2v) is 8.88. The van der Waals surface area contributed by atoms with Gasteiger partial charge in [0.05, 0.1) is 22.0 Å². The molecule has 0 bridgehead atoms. The van der Waals surface area contributed by atoms with Crippen LogP contribution < -0.4 is 9.47 Å². The maximum atomic E-state index is 12.8. The summed E-state index contributed by atoms with van der Waals surface area (Å²) in [6.07, 6.45) is 1.52. The summed E-state index contributed by atoms with van der Waals surface area (Å²) in [5.74, 6) is -0.235. The first-order chi connectivity index (χ1) is 16.4. The van der Waals surface area contributed by atoms with Crippen LogP contribution >= 0.6 is 35.0 Å². The van der Waals surface area contributed by atoms with Crippen LogP contribution in [0.15, 0.2) is 77.7 Å². The molecular formula is C25H17Cl2NO5S. The summed E-state index contributed by atoms with van der Waals surface area (Å²) in [4.78, 5) is 39.2. The highest BCUT2D eigenvalue weighted by Crippen LogP contribution is 2.34. The van der Waals surface area contributed by atoms with Gasteiger partial charge in [0.2, 0.25) is 0 Å². The Kier molecular flexibility index (Phi) is 7.57. The first kappa shape index (κ1) is 23.9. The number of nitrogens with zero attached hydrogens (tertiary/aromatic N) is 1. The minimum atomic E-state index is -0.673. The van der Waals surface area contributed by atoms with Crippen LogP contribution in [0.1, 0.15) is 15.9 Å². The highest BCUT2D eigenvalue weighted by molar-refractivity contribution is 8.18. The molecule has 9 heteroatoms. The van der Waals surface area contributed by atoms with Gasteiger partial charge in [0, 0.05) is 10.6 Å². The molecule has 0 aliphatic carbocycles. The van der Waals surface area contributed by atoms with Gasteiger partial charge in [0.1, 0.15) is 18.1 Å². The van der Waals surface area contributed by atoms with E-state index in [0.717, 1.165) is 16.7 Å². The minimum absolute atomic E-state index is 0.114. The van der Waals surface area contributed by atoms with Crippen molar-refractivity contribution in [1.82, 2.24) is 4.90 Å². The lowest BCUT2D eigenvalue weighted by atomic mass is 10.1. The molecular weight excluding hydrogens is 497 g/mol. The molecule has 1 fully saturated rings. The van der Waals surface area contributed by atoms with Crippen LogP contribution in [0.2, 0.25) is 10.0 Å². The number of imide groups is 1. The Bertz CT molecular complexity index is 1280. The predicted molar refractivity (Wildman–Crippen MR) is 132 cm³/mol. The van der Waals surface area contributed by atoms with Crippen molar-refractivity contribution in [3.8, 4) is 11.5 Å². The third-order valence-electron chi connectivity index (χ3n) is 4.76. The zero-order valence-electron chi connectivity index (χ0n) is 17.6. The van der Waals surface area contributed by atoms with Crippen molar-refractivity contribution in [2.24, 2.45) is 0 Å². The molecule has 6 nitrogen and oxygen atoms in total. The van der Waals surface area contributed by atoms with Gasteiger partial charge in [-0.15, -0.1) is 0 Å². The highest BCUT2D eigenvalue weighted by Gasteiger charge is 2.35. The summed E-state index contributed by atoms with van der Waals surface area (Å²) < 4.78 is 11.1. The van der Waals surface area contributed by atoms with Crippen LogP contribution in [0.5, 0.6) is 11.5 Å². The summed E-state index contributed by atoms with van der Waals surface area (Å²) in [6.45, 7) is 0.286.